The van der Waals surface area contributed by atoms with E-state index >= 15 is 0 Å². The van der Waals surface area contributed by atoms with Gasteiger partial charge < -0.3 is 15.8 Å². The Morgan fingerprint density at radius 1 is 1.12 bits per heavy atom. The molecule has 0 fully saturated rings. The third kappa shape index (κ3) is 3.03. The highest BCUT2D eigenvalue weighted by Gasteiger charge is 2.30. The third-order valence-electron chi connectivity index (χ3n) is 4.48. The summed E-state index contributed by atoms with van der Waals surface area (Å²) in [6.45, 7) is 2.64. The average Bonchev–Trinajstić information content (AvgIpc) is 3.03. The maximum absolute atomic E-state index is 5.84. The van der Waals surface area contributed by atoms with Gasteiger partial charge in [-0.15, -0.1) is 5.10 Å². The molecule has 1 aliphatic heterocycles. The minimum absolute atomic E-state index is 0.0712. The maximum Gasteiger partial charge on any atom is 0.241 e. The maximum atomic E-state index is 5.84. The van der Waals surface area contributed by atoms with E-state index in [1.807, 2.05) is 29.8 Å². The Balaban J connectivity index is 1.69. The molecule has 0 saturated heterocycles. The van der Waals surface area contributed by atoms with Gasteiger partial charge in [0.25, 0.3) is 0 Å². The largest absolute Gasteiger partial charge is 0.494 e. The van der Waals surface area contributed by atoms with Crippen LogP contribution in [0.15, 0.2) is 54.6 Å². The van der Waals surface area contributed by atoms with Crippen LogP contribution >= 0.6 is 0 Å². The molecule has 25 heavy (non-hydrogen) atoms. The SMILES string of the molecule is CCOc1ccc([C@H]2C[C@H](c3ccccc3)Nc3nc(N)nn32)cc1. The summed E-state index contributed by atoms with van der Waals surface area (Å²) in [5, 5.41) is 7.84. The van der Waals surface area contributed by atoms with Gasteiger partial charge in [0.2, 0.25) is 11.9 Å². The van der Waals surface area contributed by atoms with Crippen LogP contribution in [0.2, 0.25) is 0 Å². The van der Waals surface area contributed by atoms with E-state index in [2.05, 4.69) is 51.8 Å². The van der Waals surface area contributed by atoms with Gasteiger partial charge >= 0.3 is 0 Å². The Morgan fingerprint density at radius 3 is 2.60 bits per heavy atom. The highest BCUT2D eigenvalue weighted by Crippen LogP contribution is 2.38. The molecule has 0 unspecified atom stereocenters. The van der Waals surface area contributed by atoms with Crippen LogP contribution in [0.25, 0.3) is 0 Å². The van der Waals surface area contributed by atoms with E-state index in [0.29, 0.717) is 12.6 Å². The molecule has 1 aliphatic rings. The number of aromatic nitrogens is 3. The standard InChI is InChI=1S/C19H21N5O/c1-2-25-15-10-8-14(9-11-15)17-12-16(13-6-4-3-5-7-13)21-19-22-18(20)23-24(17)19/h3-11,16-17H,2,12H2,1H3,(H3,20,21,22,23)/t16-,17-/m1/s1. The van der Waals surface area contributed by atoms with E-state index in [0.717, 1.165) is 17.7 Å². The lowest BCUT2D eigenvalue weighted by molar-refractivity contribution is 0.340. The lowest BCUT2D eigenvalue weighted by Crippen LogP contribution is -2.28. The van der Waals surface area contributed by atoms with Crippen molar-refractivity contribution in [1.82, 2.24) is 14.8 Å². The molecule has 2 atom stereocenters. The van der Waals surface area contributed by atoms with Crippen LogP contribution in [0.5, 0.6) is 5.75 Å². The quantitative estimate of drug-likeness (QED) is 0.764. The number of nitrogen functional groups attached to an aromatic ring is 1. The average molecular weight is 335 g/mol. The fraction of sp³-hybridized carbons (Fsp3) is 0.263. The summed E-state index contributed by atoms with van der Waals surface area (Å²) >= 11 is 0. The number of hydrogen-bond acceptors (Lipinski definition) is 5. The minimum Gasteiger partial charge on any atom is -0.494 e. The zero-order valence-corrected chi connectivity index (χ0v) is 14.1. The second-order valence-corrected chi connectivity index (χ2v) is 6.10. The van der Waals surface area contributed by atoms with Crippen LogP contribution in [-0.2, 0) is 0 Å². The first-order valence-electron chi connectivity index (χ1n) is 8.51. The van der Waals surface area contributed by atoms with Gasteiger partial charge in [0.05, 0.1) is 18.7 Å². The molecular weight excluding hydrogens is 314 g/mol. The van der Waals surface area contributed by atoms with Gasteiger partial charge in [-0.05, 0) is 36.6 Å². The monoisotopic (exact) mass is 335 g/mol. The molecular formula is C19H21N5O. The molecule has 0 amide bonds. The number of nitrogens with one attached hydrogen (secondary N) is 1. The van der Waals surface area contributed by atoms with Gasteiger partial charge in [0.1, 0.15) is 5.75 Å². The Bertz CT molecular complexity index is 844. The Labute approximate surface area is 146 Å². The van der Waals surface area contributed by atoms with E-state index in [9.17, 15) is 0 Å². The van der Waals surface area contributed by atoms with Gasteiger partial charge in [0.15, 0.2) is 0 Å². The van der Waals surface area contributed by atoms with Gasteiger partial charge in [-0.2, -0.15) is 4.98 Å². The predicted molar refractivity (Wildman–Crippen MR) is 97.6 cm³/mol. The second kappa shape index (κ2) is 6.47. The number of fused-ring (bicyclic) bond motifs is 1. The summed E-state index contributed by atoms with van der Waals surface area (Å²) < 4.78 is 7.42. The number of nitrogens with zero attached hydrogens (tertiary/aromatic N) is 3. The summed E-state index contributed by atoms with van der Waals surface area (Å²) in [7, 11) is 0. The molecule has 2 heterocycles. The number of benzene rings is 2. The van der Waals surface area contributed by atoms with Gasteiger partial charge in [-0.25, -0.2) is 4.68 Å². The molecule has 6 heteroatoms. The molecule has 0 radical (unpaired) electrons. The highest BCUT2D eigenvalue weighted by atomic mass is 16.5. The first-order valence-corrected chi connectivity index (χ1v) is 8.51. The summed E-state index contributed by atoms with van der Waals surface area (Å²) in [5.74, 6) is 1.86. The summed E-state index contributed by atoms with van der Waals surface area (Å²) in [4.78, 5) is 4.34. The van der Waals surface area contributed by atoms with Crippen molar-refractivity contribution in [2.45, 2.75) is 25.4 Å². The molecule has 1 aromatic heterocycles. The summed E-state index contributed by atoms with van der Waals surface area (Å²) in [6.07, 6.45) is 0.869. The summed E-state index contributed by atoms with van der Waals surface area (Å²) in [6, 6.07) is 18.8. The van der Waals surface area contributed by atoms with Crippen LogP contribution in [0.3, 0.4) is 0 Å². The summed E-state index contributed by atoms with van der Waals surface area (Å²) in [5.41, 5.74) is 8.24. The van der Waals surface area contributed by atoms with Gasteiger partial charge in [-0.3, -0.25) is 0 Å². The lowest BCUT2D eigenvalue weighted by Gasteiger charge is -2.31. The van der Waals surface area contributed by atoms with Crippen molar-refractivity contribution in [1.29, 1.82) is 0 Å². The van der Waals surface area contributed by atoms with E-state index < -0.39 is 0 Å². The number of hydrogen-bond donors (Lipinski definition) is 2. The van der Waals surface area contributed by atoms with Crippen LogP contribution in [0.4, 0.5) is 11.9 Å². The number of rotatable bonds is 4. The Hall–Kier alpha value is -3.02. The smallest absolute Gasteiger partial charge is 0.241 e. The van der Waals surface area contributed by atoms with Crippen molar-refractivity contribution in [3.8, 4) is 5.75 Å². The fourth-order valence-electron chi connectivity index (χ4n) is 3.33. The molecule has 0 aliphatic carbocycles. The second-order valence-electron chi connectivity index (χ2n) is 6.10. The molecule has 3 aromatic rings. The van der Waals surface area contributed by atoms with Gasteiger partial charge in [-0.1, -0.05) is 42.5 Å². The Morgan fingerprint density at radius 2 is 1.88 bits per heavy atom. The Kier molecular flexibility index (Phi) is 4.01. The van der Waals surface area contributed by atoms with Crippen molar-refractivity contribution >= 4 is 11.9 Å². The molecule has 6 nitrogen and oxygen atoms in total. The van der Waals surface area contributed by atoms with E-state index in [1.165, 1.54) is 5.56 Å². The molecule has 2 aromatic carbocycles. The van der Waals surface area contributed by atoms with Crippen molar-refractivity contribution in [3.05, 3.63) is 65.7 Å². The number of anilines is 2. The van der Waals surface area contributed by atoms with E-state index in [1.54, 1.807) is 0 Å². The van der Waals surface area contributed by atoms with Gasteiger partial charge in [0, 0.05) is 0 Å². The van der Waals surface area contributed by atoms with Crippen molar-refractivity contribution in [3.63, 3.8) is 0 Å². The number of ether oxygens (including phenoxy) is 1. The normalized spacial score (nSPS) is 19.1. The molecule has 0 spiro atoms. The third-order valence-corrected chi connectivity index (χ3v) is 4.48. The molecule has 0 bridgehead atoms. The van der Waals surface area contributed by atoms with Crippen molar-refractivity contribution in [2.24, 2.45) is 0 Å². The van der Waals surface area contributed by atoms with Crippen LogP contribution < -0.4 is 15.8 Å². The van der Waals surface area contributed by atoms with Crippen LogP contribution in [-0.4, -0.2) is 21.4 Å². The zero-order chi connectivity index (χ0) is 17.2. The lowest BCUT2D eigenvalue weighted by atomic mass is 9.93. The minimum atomic E-state index is 0.0712. The fourth-order valence-corrected chi connectivity index (χ4v) is 3.33. The van der Waals surface area contributed by atoms with Crippen molar-refractivity contribution in [2.75, 3.05) is 17.7 Å². The first kappa shape index (κ1) is 15.5. The highest BCUT2D eigenvalue weighted by molar-refractivity contribution is 5.42. The first-order chi connectivity index (χ1) is 12.2. The molecule has 3 N–H and O–H groups in total. The predicted octanol–water partition coefficient (Wildman–Crippen LogP) is 3.41. The van der Waals surface area contributed by atoms with E-state index in [4.69, 9.17) is 10.5 Å². The van der Waals surface area contributed by atoms with Crippen LogP contribution in [0, 0.1) is 0 Å². The van der Waals surface area contributed by atoms with Crippen molar-refractivity contribution < 1.29 is 4.74 Å². The molecule has 0 saturated carbocycles. The molecule has 128 valence electrons. The van der Waals surface area contributed by atoms with E-state index in [-0.39, 0.29) is 18.0 Å². The topological polar surface area (TPSA) is 78.0 Å². The molecule has 4 rings (SSSR count). The zero-order valence-electron chi connectivity index (χ0n) is 14.1. The van der Waals surface area contributed by atoms with Crippen LogP contribution in [0.1, 0.15) is 36.6 Å². The number of nitrogens with two attached hydrogens (primary N) is 1.